The molecule has 1 aliphatic carbocycles. The lowest BCUT2D eigenvalue weighted by molar-refractivity contribution is -0.155. The summed E-state index contributed by atoms with van der Waals surface area (Å²) in [5, 5.41) is 2.96. The topological polar surface area (TPSA) is 49.4 Å². The lowest BCUT2D eigenvalue weighted by atomic mass is 9.87. The lowest BCUT2D eigenvalue weighted by Crippen LogP contribution is -2.69. The minimum absolute atomic E-state index is 0.000257. The molecule has 2 aliphatic rings. The van der Waals surface area contributed by atoms with E-state index in [0.717, 1.165) is 18.9 Å². The molecule has 1 heterocycles. The Morgan fingerprint density at radius 2 is 1.80 bits per heavy atom. The van der Waals surface area contributed by atoms with E-state index in [2.05, 4.69) is 5.32 Å². The van der Waals surface area contributed by atoms with E-state index in [1.165, 1.54) is 25.7 Å². The van der Waals surface area contributed by atoms with Gasteiger partial charge in [0.2, 0.25) is 11.8 Å². The molecule has 4 nitrogen and oxygen atoms in total. The summed E-state index contributed by atoms with van der Waals surface area (Å²) < 4.78 is 0. The fraction of sp³-hybridized carbons (Fsp3) is 0.875. The predicted octanol–water partition coefficient (Wildman–Crippen LogP) is 2.47. The predicted molar refractivity (Wildman–Crippen MR) is 79.2 cm³/mol. The first-order chi connectivity index (χ1) is 9.54. The van der Waals surface area contributed by atoms with Gasteiger partial charge in [0.1, 0.15) is 11.6 Å². The van der Waals surface area contributed by atoms with Crippen LogP contribution >= 0.6 is 0 Å². The minimum atomic E-state index is -0.667. The highest BCUT2D eigenvalue weighted by Gasteiger charge is 2.47. The van der Waals surface area contributed by atoms with Crippen LogP contribution < -0.4 is 5.32 Å². The third kappa shape index (κ3) is 2.70. The Morgan fingerprint density at radius 1 is 1.20 bits per heavy atom. The molecule has 1 aliphatic heterocycles. The highest BCUT2D eigenvalue weighted by molar-refractivity contribution is 5.99. The SMILES string of the molecule is CCC1(CC)NC(=O)C(C)N(CCC2CCCC2)C1=O. The zero-order chi connectivity index (χ0) is 14.8. The first-order valence-corrected chi connectivity index (χ1v) is 8.17. The molecule has 1 N–H and O–H groups in total. The molecule has 0 aromatic heterocycles. The average Bonchev–Trinajstić information content (AvgIpc) is 2.96. The van der Waals surface area contributed by atoms with Crippen molar-refractivity contribution < 1.29 is 9.59 Å². The maximum Gasteiger partial charge on any atom is 0.248 e. The highest BCUT2D eigenvalue weighted by Crippen LogP contribution is 2.30. The van der Waals surface area contributed by atoms with Crippen LogP contribution in [0, 0.1) is 5.92 Å². The monoisotopic (exact) mass is 280 g/mol. The highest BCUT2D eigenvalue weighted by atomic mass is 16.2. The van der Waals surface area contributed by atoms with Gasteiger partial charge in [-0.2, -0.15) is 0 Å². The molecule has 2 fully saturated rings. The second-order valence-electron chi connectivity index (χ2n) is 6.39. The third-order valence-corrected chi connectivity index (χ3v) is 5.34. The van der Waals surface area contributed by atoms with Crippen LogP contribution in [0.15, 0.2) is 0 Å². The van der Waals surface area contributed by atoms with Gasteiger partial charge in [-0.05, 0) is 32.1 Å². The second kappa shape index (κ2) is 6.15. The molecule has 0 bridgehead atoms. The average molecular weight is 280 g/mol. The van der Waals surface area contributed by atoms with Gasteiger partial charge in [-0.15, -0.1) is 0 Å². The van der Waals surface area contributed by atoms with E-state index >= 15 is 0 Å². The van der Waals surface area contributed by atoms with Crippen molar-refractivity contribution in [2.75, 3.05) is 6.54 Å². The molecule has 1 saturated carbocycles. The van der Waals surface area contributed by atoms with Crippen LogP contribution in [-0.4, -0.2) is 34.8 Å². The van der Waals surface area contributed by atoms with E-state index < -0.39 is 5.54 Å². The van der Waals surface area contributed by atoms with Gasteiger partial charge in [0.15, 0.2) is 0 Å². The molecule has 1 atom stereocenters. The van der Waals surface area contributed by atoms with Crippen LogP contribution in [0.5, 0.6) is 0 Å². The smallest absolute Gasteiger partial charge is 0.248 e. The number of nitrogens with one attached hydrogen (secondary N) is 1. The molecule has 2 rings (SSSR count). The number of amides is 2. The number of carbonyl (C=O) groups excluding carboxylic acids is 2. The van der Waals surface area contributed by atoms with Crippen molar-refractivity contribution in [2.45, 2.75) is 77.3 Å². The summed E-state index contributed by atoms with van der Waals surface area (Å²) >= 11 is 0. The number of hydrogen-bond donors (Lipinski definition) is 1. The summed E-state index contributed by atoms with van der Waals surface area (Å²) in [4.78, 5) is 26.8. The van der Waals surface area contributed by atoms with Gasteiger partial charge in [0.25, 0.3) is 0 Å². The second-order valence-corrected chi connectivity index (χ2v) is 6.39. The van der Waals surface area contributed by atoms with Gasteiger partial charge in [-0.25, -0.2) is 0 Å². The summed E-state index contributed by atoms with van der Waals surface area (Å²) in [5.41, 5.74) is -0.667. The summed E-state index contributed by atoms with van der Waals surface area (Å²) in [6, 6.07) is -0.324. The van der Waals surface area contributed by atoms with Gasteiger partial charge in [0, 0.05) is 6.54 Å². The molecular weight excluding hydrogens is 252 g/mol. The van der Waals surface area contributed by atoms with Crippen molar-refractivity contribution in [2.24, 2.45) is 5.92 Å². The van der Waals surface area contributed by atoms with Crippen LogP contribution in [0.3, 0.4) is 0 Å². The van der Waals surface area contributed by atoms with Gasteiger partial charge in [-0.3, -0.25) is 9.59 Å². The number of nitrogens with zero attached hydrogens (tertiary/aromatic N) is 1. The Balaban J connectivity index is 2.07. The van der Waals surface area contributed by atoms with Crippen LogP contribution in [0.25, 0.3) is 0 Å². The van der Waals surface area contributed by atoms with Crippen LogP contribution in [0.1, 0.15) is 65.7 Å². The number of hydrogen-bond acceptors (Lipinski definition) is 2. The van der Waals surface area contributed by atoms with E-state index in [4.69, 9.17) is 0 Å². The fourth-order valence-corrected chi connectivity index (χ4v) is 3.63. The zero-order valence-corrected chi connectivity index (χ0v) is 13.1. The number of carbonyl (C=O) groups is 2. The summed E-state index contributed by atoms with van der Waals surface area (Å²) in [5.74, 6) is 0.866. The van der Waals surface area contributed by atoms with E-state index in [1.807, 2.05) is 25.7 Å². The van der Waals surface area contributed by atoms with E-state index in [1.54, 1.807) is 0 Å². The first-order valence-electron chi connectivity index (χ1n) is 8.17. The van der Waals surface area contributed by atoms with E-state index in [9.17, 15) is 9.59 Å². The normalized spacial score (nSPS) is 26.9. The molecular formula is C16H28N2O2. The van der Waals surface area contributed by atoms with Crippen LogP contribution in [0.2, 0.25) is 0 Å². The molecule has 114 valence electrons. The van der Waals surface area contributed by atoms with Crippen molar-refractivity contribution in [3.8, 4) is 0 Å². The van der Waals surface area contributed by atoms with E-state index in [0.29, 0.717) is 12.8 Å². The van der Waals surface area contributed by atoms with Gasteiger partial charge in [0.05, 0.1) is 0 Å². The first kappa shape index (κ1) is 15.3. The van der Waals surface area contributed by atoms with Crippen LogP contribution in [-0.2, 0) is 9.59 Å². The molecule has 0 aromatic rings. The maximum atomic E-state index is 12.8. The van der Waals surface area contributed by atoms with Gasteiger partial charge < -0.3 is 10.2 Å². The quantitative estimate of drug-likeness (QED) is 0.841. The summed E-state index contributed by atoms with van der Waals surface area (Å²) in [7, 11) is 0. The van der Waals surface area contributed by atoms with Crippen molar-refractivity contribution in [1.82, 2.24) is 10.2 Å². The largest absolute Gasteiger partial charge is 0.340 e. The van der Waals surface area contributed by atoms with Gasteiger partial charge >= 0.3 is 0 Å². The fourth-order valence-electron chi connectivity index (χ4n) is 3.63. The molecule has 0 aromatic carbocycles. The number of piperazine rings is 1. The Kier molecular flexibility index (Phi) is 4.71. The Bertz CT molecular complexity index is 371. The molecule has 0 spiro atoms. The maximum absolute atomic E-state index is 12.8. The van der Waals surface area contributed by atoms with Crippen molar-refractivity contribution >= 4 is 11.8 Å². The molecule has 20 heavy (non-hydrogen) atoms. The van der Waals surface area contributed by atoms with Gasteiger partial charge in [-0.1, -0.05) is 39.5 Å². The molecule has 4 heteroatoms. The van der Waals surface area contributed by atoms with E-state index in [-0.39, 0.29) is 17.9 Å². The Labute approximate surface area is 122 Å². The van der Waals surface area contributed by atoms with Crippen LogP contribution in [0.4, 0.5) is 0 Å². The minimum Gasteiger partial charge on any atom is -0.340 e. The number of rotatable bonds is 5. The van der Waals surface area contributed by atoms with Crippen molar-refractivity contribution in [3.05, 3.63) is 0 Å². The third-order valence-electron chi connectivity index (χ3n) is 5.34. The standard InChI is InChI=1S/C16H28N2O2/c1-4-16(5-2)15(20)18(12(3)14(19)17-16)11-10-13-8-6-7-9-13/h12-13H,4-11H2,1-3H3,(H,17,19). The van der Waals surface area contributed by atoms with Crippen molar-refractivity contribution in [1.29, 1.82) is 0 Å². The lowest BCUT2D eigenvalue weighted by Gasteiger charge is -2.44. The Morgan fingerprint density at radius 3 is 2.35 bits per heavy atom. The molecule has 1 saturated heterocycles. The Hall–Kier alpha value is -1.06. The molecule has 2 amide bonds. The summed E-state index contributed by atoms with van der Waals surface area (Å²) in [6.45, 7) is 6.54. The molecule has 0 radical (unpaired) electrons. The van der Waals surface area contributed by atoms with Crippen molar-refractivity contribution in [3.63, 3.8) is 0 Å². The zero-order valence-electron chi connectivity index (χ0n) is 13.1. The summed E-state index contributed by atoms with van der Waals surface area (Å²) in [6.07, 6.45) is 7.60. The molecule has 1 unspecified atom stereocenters.